The maximum absolute atomic E-state index is 11.3. The number of hydrogen-bond donors (Lipinski definition) is 0. The molecule has 0 spiro atoms. The second kappa shape index (κ2) is 5.32. The Balaban J connectivity index is 4.92. The molecule has 0 aromatic heterocycles. The van der Waals surface area contributed by atoms with Crippen LogP contribution in [-0.4, -0.2) is 32.1 Å². The lowest BCUT2D eigenvalue weighted by Gasteiger charge is -2.25. The van der Waals surface area contributed by atoms with Crippen LogP contribution in [0.1, 0.15) is 20.3 Å². The molecule has 14 heavy (non-hydrogen) atoms. The van der Waals surface area contributed by atoms with E-state index in [1.807, 2.05) is 19.9 Å². The number of rotatable bonds is 5. The fraction of sp³-hybridized carbons (Fsp3) is 0.600. The highest BCUT2D eigenvalue weighted by Gasteiger charge is 2.21. The van der Waals surface area contributed by atoms with Crippen LogP contribution in [-0.2, 0) is 10.0 Å². The summed E-state index contributed by atoms with van der Waals surface area (Å²) in [5.41, 5.74) is 1.01. The molecule has 4 heteroatoms. The first-order chi connectivity index (χ1) is 6.34. The predicted octanol–water partition coefficient (Wildman–Crippen LogP) is 1.79. The average molecular weight is 217 g/mol. The van der Waals surface area contributed by atoms with Gasteiger partial charge in [-0.2, -0.15) is 4.31 Å². The first-order valence-electron chi connectivity index (χ1n) is 4.56. The SMILES string of the molecule is C=CC=C(C)C(CC)N(C)S(C)(=O)=O. The number of allylic oxidation sites excluding steroid dienone is 2. The Morgan fingerprint density at radius 3 is 2.36 bits per heavy atom. The Kier molecular flexibility index (Phi) is 5.08. The molecule has 0 aliphatic carbocycles. The van der Waals surface area contributed by atoms with Crippen LogP contribution in [0.25, 0.3) is 0 Å². The van der Waals surface area contributed by atoms with Crippen LogP contribution in [0.5, 0.6) is 0 Å². The van der Waals surface area contributed by atoms with Crippen molar-refractivity contribution in [1.29, 1.82) is 0 Å². The summed E-state index contributed by atoms with van der Waals surface area (Å²) >= 11 is 0. The molecular weight excluding hydrogens is 198 g/mol. The van der Waals surface area contributed by atoms with Gasteiger partial charge in [0, 0.05) is 13.1 Å². The van der Waals surface area contributed by atoms with Crippen molar-refractivity contribution in [2.24, 2.45) is 0 Å². The highest BCUT2D eigenvalue weighted by Crippen LogP contribution is 2.15. The standard InChI is InChI=1S/C10H19NO2S/c1-6-8-9(3)10(7-2)11(4)14(5,12)13/h6,8,10H,1,7H2,2-5H3. The number of likely N-dealkylation sites (N-methyl/N-ethyl adjacent to an activating group) is 1. The predicted molar refractivity (Wildman–Crippen MR) is 60.6 cm³/mol. The second-order valence-electron chi connectivity index (χ2n) is 3.35. The van der Waals surface area contributed by atoms with Crippen molar-refractivity contribution in [1.82, 2.24) is 4.31 Å². The summed E-state index contributed by atoms with van der Waals surface area (Å²) in [6.45, 7) is 7.47. The summed E-state index contributed by atoms with van der Waals surface area (Å²) in [6.07, 6.45) is 5.50. The van der Waals surface area contributed by atoms with Gasteiger partial charge in [-0.1, -0.05) is 31.2 Å². The summed E-state index contributed by atoms with van der Waals surface area (Å²) in [4.78, 5) is 0. The zero-order valence-electron chi connectivity index (χ0n) is 9.32. The fourth-order valence-corrected chi connectivity index (χ4v) is 2.17. The van der Waals surface area contributed by atoms with Crippen molar-refractivity contribution in [3.8, 4) is 0 Å². The third-order valence-electron chi connectivity index (χ3n) is 2.26. The normalized spacial score (nSPS) is 15.6. The highest BCUT2D eigenvalue weighted by molar-refractivity contribution is 7.88. The smallest absolute Gasteiger partial charge is 0.211 e. The lowest BCUT2D eigenvalue weighted by molar-refractivity contribution is 0.399. The van der Waals surface area contributed by atoms with E-state index >= 15 is 0 Å². The van der Waals surface area contributed by atoms with E-state index < -0.39 is 10.0 Å². The summed E-state index contributed by atoms with van der Waals surface area (Å²) < 4.78 is 24.0. The van der Waals surface area contributed by atoms with Crippen LogP contribution >= 0.6 is 0 Å². The molecule has 0 aliphatic rings. The minimum Gasteiger partial charge on any atom is -0.212 e. The van der Waals surface area contributed by atoms with Gasteiger partial charge in [-0.25, -0.2) is 8.42 Å². The van der Waals surface area contributed by atoms with Crippen molar-refractivity contribution in [2.75, 3.05) is 13.3 Å². The molecule has 0 aromatic rings. The number of sulfonamides is 1. The van der Waals surface area contributed by atoms with Gasteiger partial charge in [0.1, 0.15) is 0 Å². The van der Waals surface area contributed by atoms with E-state index in [1.54, 1.807) is 13.1 Å². The van der Waals surface area contributed by atoms with Gasteiger partial charge in [-0.05, 0) is 13.3 Å². The van der Waals surface area contributed by atoms with Gasteiger partial charge in [0.2, 0.25) is 10.0 Å². The van der Waals surface area contributed by atoms with Gasteiger partial charge in [0.05, 0.1) is 6.26 Å². The summed E-state index contributed by atoms with van der Waals surface area (Å²) in [5, 5.41) is 0. The van der Waals surface area contributed by atoms with E-state index in [0.717, 1.165) is 12.0 Å². The molecule has 0 aromatic carbocycles. The molecule has 0 bridgehead atoms. The van der Waals surface area contributed by atoms with Crippen molar-refractivity contribution in [2.45, 2.75) is 26.3 Å². The minimum atomic E-state index is -3.12. The number of nitrogens with zero attached hydrogens (tertiary/aromatic N) is 1. The van der Waals surface area contributed by atoms with Crippen LogP contribution < -0.4 is 0 Å². The molecule has 3 nitrogen and oxygen atoms in total. The van der Waals surface area contributed by atoms with E-state index in [2.05, 4.69) is 6.58 Å². The lowest BCUT2D eigenvalue weighted by atomic mass is 10.1. The van der Waals surface area contributed by atoms with Crippen LogP contribution in [0.2, 0.25) is 0 Å². The van der Waals surface area contributed by atoms with Crippen LogP contribution in [0.3, 0.4) is 0 Å². The Morgan fingerprint density at radius 2 is 2.07 bits per heavy atom. The van der Waals surface area contributed by atoms with Crippen molar-refractivity contribution >= 4 is 10.0 Å². The second-order valence-corrected chi connectivity index (χ2v) is 5.39. The van der Waals surface area contributed by atoms with Gasteiger partial charge in [-0.15, -0.1) is 0 Å². The van der Waals surface area contributed by atoms with Gasteiger partial charge < -0.3 is 0 Å². The topological polar surface area (TPSA) is 37.4 Å². The highest BCUT2D eigenvalue weighted by atomic mass is 32.2. The fourth-order valence-electron chi connectivity index (χ4n) is 1.39. The van der Waals surface area contributed by atoms with Gasteiger partial charge in [0.25, 0.3) is 0 Å². The van der Waals surface area contributed by atoms with Gasteiger partial charge in [-0.3, -0.25) is 0 Å². The Morgan fingerprint density at radius 1 is 1.57 bits per heavy atom. The molecule has 0 aliphatic heterocycles. The zero-order chi connectivity index (χ0) is 11.4. The maximum Gasteiger partial charge on any atom is 0.211 e. The Hall–Kier alpha value is -0.610. The summed E-state index contributed by atoms with van der Waals surface area (Å²) in [5.74, 6) is 0. The molecule has 0 radical (unpaired) electrons. The monoisotopic (exact) mass is 217 g/mol. The molecule has 0 saturated heterocycles. The molecular formula is C10H19NO2S. The third kappa shape index (κ3) is 3.64. The molecule has 0 N–H and O–H groups in total. The van der Waals surface area contributed by atoms with Crippen LogP contribution in [0, 0.1) is 0 Å². The molecule has 0 fully saturated rings. The molecule has 0 amide bonds. The van der Waals surface area contributed by atoms with E-state index in [0.29, 0.717) is 0 Å². The molecule has 0 rings (SSSR count). The van der Waals surface area contributed by atoms with Crippen LogP contribution in [0.15, 0.2) is 24.3 Å². The first kappa shape index (κ1) is 13.4. The van der Waals surface area contributed by atoms with Crippen LogP contribution in [0.4, 0.5) is 0 Å². The van der Waals surface area contributed by atoms with E-state index in [9.17, 15) is 8.42 Å². The van der Waals surface area contributed by atoms with Gasteiger partial charge in [0.15, 0.2) is 0 Å². The van der Waals surface area contributed by atoms with Crippen molar-refractivity contribution < 1.29 is 8.42 Å². The van der Waals surface area contributed by atoms with E-state index in [4.69, 9.17) is 0 Å². The minimum absolute atomic E-state index is 0.0667. The lowest BCUT2D eigenvalue weighted by Crippen LogP contribution is -2.36. The molecule has 0 saturated carbocycles. The number of hydrogen-bond acceptors (Lipinski definition) is 2. The molecule has 0 heterocycles. The Labute approximate surface area is 87.2 Å². The quantitative estimate of drug-likeness (QED) is 0.658. The van der Waals surface area contributed by atoms with E-state index in [-0.39, 0.29) is 6.04 Å². The zero-order valence-corrected chi connectivity index (χ0v) is 10.1. The maximum atomic E-state index is 11.3. The Bertz CT molecular complexity index is 317. The molecule has 1 atom stereocenters. The average Bonchev–Trinajstić information content (AvgIpc) is 2.04. The molecule has 1 unspecified atom stereocenters. The van der Waals surface area contributed by atoms with Gasteiger partial charge >= 0.3 is 0 Å². The van der Waals surface area contributed by atoms with Crippen molar-refractivity contribution in [3.63, 3.8) is 0 Å². The van der Waals surface area contributed by atoms with Crippen molar-refractivity contribution in [3.05, 3.63) is 24.3 Å². The first-order valence-corrected chi connectivity index (χ1v) is 6.41. The summed E-state index contributed by atoms with van der Waals surface area (Å²) in [6, 6.07) is -0.0667. The third-order valence-corrected chi connectivity index (χ3v) is 3.56. The largest absolute Gasteiger partial charge is 0.212 e. The van der Waals surface area contributed by atoms with E-state index in [1.165, 1.54) is 10.6 Å². The summed E-state index contributed by atoms with van der Waals surface area (Å²) in [7, 11) is -1.52. The molecule has 82 valence electrons.